The molecule has 2 aromatic carbocycles. The van der Waals surface area contributed by atoms with Crippen molar-refractivity contribution in [1.82, 2.24) is 0 Å². The third-order valence-electron chi connectivity index (χ3n) is 4.80. The predicted octanol–water partition coefficient (Wildman–Crippen LogP) is 5.43. The molecule has 1 aliphatic carbocycles. The van der Waals surface area contributed by atoms with Crippen molar-refractivity contribution in [3.05, 3.63) is 78.5 Å². The highest BCUT2D eigenvalue weighted by molar-refractivity contribution is 6.28. The van der Waals surface area contributed by atoms with Crippen molar-refractivity contribution in [3.63, 3.8) is 0 Å². The largest absolute Gasteiger partial charge is 0.238 e. The average Bonchev–Trinajstić information content (AvgIpc) is 2.60. The number of hydrogen-bond donors (Lipinski definition) is 0. The molecule has 1 aliphatic heterocycles. The van der Waals surface area contributed by atoms with Crippen molar-refractivity contribution in [2.24, 2.45) is 21.8 Å². The maximum Gasteiger partial charge on any atom is 0.125 e. The number of amidine groups is 1. The van der Waals surface area contributed by atoms with Gasteiger partial charge in [-0.25, -0.2) is 9.98 Å². The third kappa shape index (κ3) is 2.44. The normalized spacial score (nSPS) is 22.5. The molecule has 1 heterocycles. The standard InChI is InChI=1S/C22H20N2/c1-14-7-6-10-20-21(14)22(24-16(3)23-20)15(2)18-12-11-17-8-4-5-9-19(17)13-18/h4-14,21H,2H2,1,3H3. The maximum absolute atomic E-state index is 4.77. The Hall–Kier alpha value is -2.74. The second kappa shape index (κ2) is 5.72. The lowest BCUT2D eigenvalue weighted by molar-refractivity contribution is 0.599. The Morgan fingerprint density at radius 3 is 2.67 bits per heavy atom. The van der Waals surface area contributed by atoms with Crippen LogP contribution < -0.4 is 0 Å². The molecule has 2 unspecified atom stereocenters. The number of fused-ring (bicyclic) bond motifs is 2. The first-order chi connectivity index (χ1) is 11.6. The van der Waals surface area contributed by atoms with Gasteiger partial charge in [-0.05, 0) is 46.9 Å². The van der Waals surface area contributed by atoms with Crippen molar-refractivity contribution in [2.75, 3.05) is 0 Å². The van der Waals surface area contributed by atoms with E-state index in [9.17, 15) is 0 Å². The van der Waals surface area contributed by atoms with Crippen molar-refractivity contribution >= 4 is 27.9 Å². The molecule has 0 saturated heterocycles. The molecule has 0 amide bonds. The van der Waals surface area contributed by atoms with Crippen LogP contribution in [0.3, 0.4) is 0 Å². The Labute approximate surface area is 142 Å². The molecule has 118 valence electrons. The Morgan fingerprint density at radius 2 is 1.83 bits per heavy atom. The van der Waals surface area contributed by atoms with Crippen LogP contribution in [0, 0.1) is 11.8 Å². The van der Waals surface area contributed by atoms with E-state index in [-0.39, 0.29) is 5.92 Å². The SMILES string of the molecule is C=C(C1=NC(C)=NC2=CC=CC(C)C21)c1ccc2ccccc2c1. The molecule has 0 aromatic heterocycles. The topological polar surface area (TPSA) is 24.7 Å². The van der Waals surface area contributed by atoms with E-state index in [0.29, 0.717) is 5.92 Å². The molecule has 0 fully saturated rings. The molecular formula is C22H20N2. The first-order valence-corrected chi connectivity index (χ1v) is 8.34. The Morgan fingerprint density at radius 1 is 1.04 bits per heavy atom. The van der Waals surface area contributed by atoms with Gasteiger partial charge in [0.15, 0.2) is 0 Å². The van der Waals surface area contributed by atoms with E-state index in [1.54, 1.807) is 0 Å². The molecule has 2 atom stereocenters. The quantitative estimate of drug-likeness (QED) is 0.706. The summed E-state index contributed by atoms with van der Waals surface area (Å²) >= 11 is 0. The lowest BCUT2D eigenvalue weighted by Crippen LogP contribution is -2.28. The van der Waals surface area contributed by atoms with Crippen LogP contribution in [0.5, 0.6) is 0 Å². The van der Waals surface area contributed by atoms with Crippen molar-refractivity contribution in [3.8, 4) is 0 Å². The third-order valence-corrected chi connectivity index (χ3v) is 4.80. The fraction of sp³-hybridized carbons (Fsp3) is 0.182. The average molecular weight is 312 g/mol. The van der Waals surface area contributed by atoms with Crippen LogP contribution in [0.4, 0.5) is 0 Å². The Balaban J connectivity index is 1.78. The zero-order valence-corrected chi connectivity index (χ0v) is 14.0. The molecule has 0 saturated carbocycles. The number of rotatable bonds is 2. The summed E-state index contributed by atoms with van der Waals surface area (Å²) in [6.45, 7) is 8.55. The fourth-order valence-corrected chi connectivity index (χ4v) is 3.55. The predicted molar refractivity (Wildman–Crippen MR) is 103 cm³/mol. The van der Waals surface area contributed by atoms with E-state index >= 15 is 0 Å². The number of nitrogens with zero attached hydrogens (tertiary/aromatic N) is 2. The maximum atomic E-state index is 4.77. The van der Waals surface area contributed by atoms with Gasteiger partial charge in [0.25, 0.3) is 0 Å². The van der Waals surface area contributed by atoms with E-state index in [0.717, 1.165) is 28.4 Å². The second-order valence-electron chi connectivity index (χ2n) is 6.51. The van der Waals surface area contributed by atoms with Crippen LogP contribution in [-0.4, -0.2) is 11.5 Å². The summed E-state index contributed by atoms with van der Waals surface area (Å²) < 4.78 is 0. The summed E-state index contributed by atoms with van der Waals surface area (Å²) in [5.41, 5.74) is 4.26. The van der Waals surface area contributed by atoms with Crippen LogP contribution >= 0.6 is 0 Å². The summed E-state index contributed by atoms with van der Waals surface area (Å²) in [5.74, 6) is 1.37. The molecule has 0 radical (unpaired) electrons. The van der Waals surface area contributed by atoms with Gasteiger partial charge in [-0.15, -0.1) is 0 Å². The number of hydrogen-bond acceptors (Lipinski definition) is 2. The molecular weight excluding hydrogens is 292 g/mol. The molecule has 0 bridgehead atoms. The zero-order valence-electron chi connectivity index (χ0n) is 14.0. The van der Waals surface area contributed by atoms with E-state index < -0.39 is 0 Å². The minimum atomic E-state index is 0.192. The fourth-order valence-electron chi connectivity index (χ4n) is 3.55. The van der Waals surface area contributed by atoms with Crippen LogP contribution in [0.15, 0.2) is 83.0 Å². The van der Waals surface area contributed by atoms with Crippen LogP contribution in [0.2, 0.25) is 0 Å². The lowest BCUT2D eigenvalue weighted by Gasteiger charge is -2.30. The second-order valence-corrected chi connectivity index (χ2v) is 6.51. The minimum absolute atomic E-state index is 0.192. The first-order valence-electron chi connectivity index (χ1n) is 8.34. The van der Waals surface area contributed by atoms with Gasteiger partial charge in [-0.1, -0.05) is 62.1 Å². The molecule has 2 heteroatoms. The van der Waals surface area contributed by atoms with E-state index in [4.69, 9.17) is 4.99 Å². The van der Waals surface area contributed by atoms with E-state index in [1.165, 1.54) is 10.8 Å². The summed E-state index contributed by atoms with van der Waals surface area (Å²) in [6, 6.07) is 14.9. The highest BCUT2D eigenvalue weighted by Crippen LogP contribution is 2.36. The van der Waals surface area contributed by atoms with Crippen LogP contribution in [0.25, 0.3) is 16.3 Å². The van der Waals surface area contributed by atoms with Gasteiger partial charge in [0.1, 0.15) is 5.84 Å². The zero-order chi connectivity index (χ0) is 16.7. The summed E-state index contributed by atoms with van der Waals surface area (Å²) in [6.07, 6.45) is 6.40. The van der Waals surface area contributed by atoms with Gasteiger partial charge in [-0.2, -0.15) is 0 Å². The molecule has 24 heavy (non-hydrogen) atoms. The number of allylic oxidation sites excluding steroid dienone is 5. The summed E-state index contributed by atoms with van der Waals surface area (Å²) in [7, 11) is 0. The first kappa shape index (κ1) is 14.8. The van der Waals surface area contributed by atoms with Gasteiger partial charge in [-0.3, -0.25) is 0 Å². The Bertz CT molecular complexity index is 957. The summed E-state index contributed by atoms with van der Waals surface area (Å²) in [5, 5.41) is 2.47. The molecule has 2 nitrogen and oxygen atoms in total. The van der Waals surface area contributed by atoms with Crippen molar-refractivity contribution < 1.29 is 0 Å². The van der Waals surface area contributed by atoms with Crippen LogP contribution in [-0.2, 0) is 0 Å². The lowest BCUT2D eigenvalue weighted by atomic mass is 9.79. The van der Waals surface area contributed by atoms with Crippen molar-refractivity contribution in [1.29, 1.82) is 0 Å². The highest BCUT2D eigenvalue weighted by Gasteiger charge is 2.31. The van der Waals surface area contributed by atoms with Gasteiger partial charge in [0.05, 0.1) is 17.3 Å². The van der Waals surface area contributed by atoms with E-state index in [1.807, 2.05) is 6.92 Å². The van der Waals surface area contributed by atoms with E-state index in [2.05, 4.69) is 79.2 Å². The molecule has 0 spiro atoms. The number of aliphatic imine (C=N–C) groups is 2. The highest BCUT2D eigenvalue weighted by atomic mass is 15.0. The molecule has 0 N–H and O–H groups in total. The summed E-state index contributed by atoms with van der Waals surface area (Å²) in [4.78, 5) is 9.39. The number of benzene rings is 2. The monoisotopic (exact) mass is 312 g/mol. The van der Waals surface area contributed by atoms with Crippen molar-refractivity contribution in [2.45, 2.75) is 13.8 Å². The Kier molecular flexibility index (Phi) is 3.53. The van der Waals surface area contributed by atoms with Gasteiger partial charge in [0.2, 0.25) is 0 Å². The molecule has 2 aliphatic rings. The minimum Gasteiger partial charge on any atom is -0.238 e. The smallest absolute Gasteiger partial charge is 0.125 e. The molecule has 2 aromatic rings. The van der Waals surface area contributed by atoms with Gasteiger partial charge < -0.3 is 0 Å². The van der Waals surface area contributed by atoms with Crippen LogP contribution in [0.1, 0.15) is 19.4 Å². The van der Waals surface area contributed by atoms with Gasteiger partial charge in [0, 0.05) is 0 Å². The van der Waals surface area contributed by atoms with Gasteiger partial charge >= 0.3 is 0 Å². The molecule has 4 rings (SSSR count).